The fourth-order valence-corrected chi connectivity index (χ4v) is 1.99. The average Bonchev–Trinajstić information content (AvgIpc) is 2.49. The number of hydrogen-bond donors (Lipinski definition) is 2. The minimum atomic E-state index is 0.260. The first-order valence-electron chi connectivity index (χ1n) is 5.11. The summed E-state index contributed by atoms with van der Waals surface area (Å²) in [5.41, 5.74) is 0.260. The molecule has 1 amide bonds. The molecule has 2 fully saturated rings. The summed E-state index contributed by atoms with van der Waals surface area (Å²) in [6.07, 6.45) is 2.14. The van der Waals surface area contributed by atoms with Crippen LogP contribution in [0, 0.1) is 11.3 Å². The molecule has 0 aromatic carbocycles. The van der Waals surface area contributed by atoms with E-state index in [1.165, 1.54) is 0 Å². The maximum absolute atomic E-state index is 11.6. The standard InChI is InChI=1S/C10H18N2O/c1-10(2)5-8(10)9(13)12-7-3-4-11-6-7/h7-8,11H,3-6H2,1-2H3,(H,12,13)/t7-,8-/m1/s1. The van der Waals surface area contributed by atoms with Crippen LogP contribution in [0.2, 0.25) is 0 Å². The zero-order chi connectivity index (χ0) is 9.47. The summed E-state index contributed by atoms with van der Waals surface area (Å²) >= 11 is 0. The normalized spacial score (nSPS) is 35.8. The predicted octanol–water partition coefficient (Wildman–Crippen LogP) is 0.511. The average molecular weight is 182 g/mol. The number of nitrogens with one attached hydrogen (secondary N) is 2. The molecule has 2 aliphatic rings. The van der Waals surface area contributed by atoms with Crippen LogP contribution in [-0.2, 0) is 4.79 Å². The summed E-state index contributed by atoms with van der Waals surface area (Å²) < 4.78 is 0. The maximum Gasteiger partial charge on any atom is 0.223 e. The van der Waals surface area contributed by atoms with Gasteiger partial charge in [0, 0.05) is 18.5 Å². The topological polar surface area (TPSA) is 41.1 Å². The fraction of sp³-hybridized carbons (Fsp3) is 0.900. The van der Waals surface area contributed by atoms with Crippen molar-refractivity contribution >= 4 is 5.91 Å². The Kier molecular flexibility index (Phi) is 2.06. The van der Waals surface area contributed by atoms with Crippen molar-refractivity contribution in [3.8, 4) is 0 Å². The Bertz CT molecular complexity index is 219. The van der Waals surface area contributed by atoms with Crippen LogP contribution in [0.3, 0.4) is 0 Å². The van der Waals surface area contributed by atoms with E-state index in [0.29, 0.717) is 6.04 Å². The lowest BCUT2D eigenvalue weighted by atomic mass is 10.1. The van der Waals surface area contributed by atoms with E-state index in [-0.39, 0.29) is 17.2 Å². The van der Waals surface area contributed by atoms with Crippen molar-refractivity contribution in [2.45, 2.75) is 32.7 Å². The molecule has 0 aromatic heterocycles. The van der Waals surface area contributed by atoms with Gasteiger partial charge in [0.1, 0.15) is 0 Å². The summed E-state index contributed by atoms with van der Waals surface area (Å²) in [5.74, 6) is 0.534. The molecule has 1 aliphatic carbocycles. The van der Waals surface area contributed by atoms with Gasteiger partial charge in [0.15, 0.2) is 0 Å². The third kappa shape index (κ3) is 1.85. The van der Waals surface area contributed by atoms with E-state index in [9.17, 15) is 4.79 Å². The second-order valence-electron chi connectivity index (χ2n) is 4.94. The minimum Gasteiger partial charge on any atom is -0.352 e. The van der Waals surface area contributed by atoms with Crippen molar-refractivity contribution in [2.24, 2.45) is 11.3 Å². The molecule has 13 heavy (non-hydrogen) atoms. The first kappa shape index (κ1) is 9.00. The lowest BCUT2D eigenvalue weighted by molar-refractivity contribution is -0.123. The molecule has 2 rings (SSSR count). The number of rotatable bonds is 2. The van der Waals surface area contributed by atoms with Crippen molar-refractivity contribution < 1.29 is 4.79 Å². The molecule has 1 saturated carbocycles. The van der Waals surface area contributed by atoms with Crippen LogP contribution in [0.5, 0.6) is 0 Å². The lowest BCUT2D eigenvalue weighted by Crippen LogP contribution is -2.37. The summed E-state index contributed by atoms with van der Waals surface area (Å²) in [6.45, 7) is 6.30. The minimum absolute atomic E-state index is 0.260. The van der Waals surface area contributed by atoms with E-state index in [0.717, 1.165) is 25.9 Å². The molecule has 2 atom stereocenters. The van der Waals surface area contributed by atoms with Crippen molar-refractivity contribution in [2.75, 3.05) is 13.1 Å². The molecule has 3 heteroatoms. The van der Waals surface area contributed by atoms with Crippen molar-refractivity contribution in [3.05, 3.63) is 0 Å². The van der Waals surface area contributed by atoms with E-state index in [1.807, 2.05) is 0 Å². The first-order valence-corrected chi connectivity index (χ1v) is 5.11. The Morgan fingerprint density at radius 3 is 2.69 bits per heavy atom. The van der Waals surface area contributed by atoms with E-state index < -0.39 is 0 Å². The Morgan fingerprint density at radius 1 is 1.54 bits per heavy atom. The highest BCUT2D eigenvalue weighted by atomic mass is 16.2. The highest BCUT2D eigenvalue weighted by Gasteiger charge is 2.50. The first-order chi connectivity index (χ1) is 6.09. The van der Waals surface area contributed by atoms with Gasteiger partial charge in [-0.25, -0.2) is 0 Å². The van der Waals surface area contributed by atoms with Crippen LogP contribution in [-0.4, -0.2) is 25.0 Å². The van der Waals surface area contributed by atoms with E-state index in [4.69, 9.17) is 0 Å². The molecule has 0 bridgehead atoms. The smallest absolute Gasteiger partial charge is 0.223 e. The Labute approximate surface area is 79.3 Å². The summed E-state index contributed by atoms with van der Waals surface area (Å²) in [6, 6.07) is 0.379. The van der Waals surface area contributed by atoms with Crippen LogP contribution < -0.4 is 10.6 Å². The van der Waals surface area contributed by atoms with Crippen LogP contribution in [0.1, 0.15) is 26.7 Å². The Balaban J connectivity index is 1.79. The number of carbonyl (C=O) groups is 1. The molecule has 1 saturated heterocycles. The predicted molar refractivity (Wildman–Crippen MR) is 51.3 cm³/mol. The van der Waals surface area contributed by atoms with Crippen molar-refractivity contribution in [3.63, 3.8) is 0 Å². The van der Waals surface area contributed by atoms with Gasteiger partial charge in [0.05, 0.1) is 0 Å². The van der Waals surface area contributed by atoms with Gasteiger partial charge in [-0.1, -0.05) is 13.8 Å². The third-order valence-electron chi connectivity index (χ3n) is 3.24. The molecule has 0 aromatic rings. The molecule has 2 N–H and O–H groups in total. The monoisotopic (exact) mass is 182 g/mol. The second kappa shape index (κ2) is 2.98. The molecule has 0 unspecified atom stereocenters. The van der Waals surface area contributed by atoms with E-state index in [2.05, 4.69) is 24.5 Å². The molecule has 1 aliphatic heterocycles. The number of carbonyl (C=O) groups excluding carboxylic acids is 1. The number of amides is 1. The third-order valence-corrected chi connectivity index (χ3v) is 3.24. The Morgan fingerprint density at radius 2 is 2.23 bits per heavy atom. The van der Waals surface area contributed by atoms with E-state index in [1.54, 1.807) is 0 Å². The summed E-state index contributed by atoms with van der Waals surface area (Å²) in [5, 5.41) is 6.34. The molecule has 0 spiro atoms. The zero-order valence-corrected chi connectivity index (χ0v) is 8.39. The number of hydrogen-bond acceptors (Lipinski definition) is 2. The zero-order valence-electron chi connectivity index (χ0n) is 8.39. The largest absolute Gasteiger partial charge is 0.352 e. The SMILES string of the molecule is CC1(C)C[C@@H]1C(=O)N[C@@H]1CCNC1. The van der Waals surface area contributed by atoms with Crippen LogP contribution in [0.25, 0.3) is 0 Å². The van der Waals surface area contributed by atoms with Gasteiger partial charge in [-0.15, -0.1) is 0 Å². The quantitative estimate of drug-likeness (QED) is 0.653. The highest BCUT2D eigenvalue weighted by molar-refractivity contribution is 5.82. The van der Waals surface area contributed by atoms with E-state index >= 15 is 0 Å². The summed E-state index contributed by atoms with van der Waals surface area (Å²) in [4.78, 5) is 11.6. The van der Waals surface area contributed by atoms with Gasteiger partial charge in [0.2, 0.25) is 5.91 Å². The van der Waals surface area contributed by atoms with Gasteiger partial charge in [-0.3, -0.25) is 4.79 Å². The molecular formula is C10H18N2O. The molecule has 0 radical (unpaired) electrons. The lowest BCUT2D eigenvalue weighted by Gasteiger charge is -2.11. The van der Waals surface area contributed by atoms with Gasteiger partial charge in [-0.05, 0) is 24.8 Å². The second-order valence-corrected chi connectivity index (χ2v) is 4.94. The van der Waals surface area contributed by atoms with Gasteiger partial charge >= 0.3 is 0 Å². The Hall–Kier alpha value is -0.570. The molecular weight excluding hydrogens is 164 g/mol. The van der Waals surface area contributed by atoms with Crippen molar-refractivity contribution in [1.29, 1.82) is 0 Å². The maximum atomic E-state index is 11.6. The van der Waals surface area contributed by atoms with Crippen LogP contribution in [0.15, 0.2) is 0 Å². The van der Waals surface area contributed by atoms with Crippen LogP contribution >= 0.6 is 0 Å². The molecule has 3 nitrogen and oxygen atoms in total. The molecule has 74 valence electrons. The highest BCUT2D eigenvalue weighted by Crippen LogP contribution is 2.51. The van der Waals surface area contributed by atoms with Crippen LogP contribution in [0.4, 0.5) is 0 Å². The van der Waals surface area contributed by atoms with Gasteiger partial charge in [0.25, 0.3) is 0 Å². The summed E-state index contributed by atoms with van der Waals surface area (Å²) in [7, 11) is 0. The fourth-order valence-electron chi connectivity index (χ4n) is 1.99. The van der Waals surface area contributed by atoms with Crippen molar-refractivity contribution in [1.82, 2.24) is 10.6 Å². The van der Waals surface area contributed by atoms with Gasteiger partial charge in [-0.2, -0.15) is 0 Å². The molecule has 1 heterocycles. The van der Waals surface area contributed by atoms with Gasteiger partial charge < -0.3 is 10.6 Å².